The number of ether oxygens (including phenoxy) is 1. The molecular formula is C12H15N3O2S. The maximum absolute atomic E-state index is 11.5. The number of thioether (sulfide) groups is 1. The van der Waals surface area contributed by atoms with E-state index in [4.69, 9.17) is 4.74 Å². The molecule has 0 saturated carbocycles. The van der Waals surface area contributed by atoms with Gasteiger partial charge in [0.05, 0.1) is 11.9 Å². The van der Waals surface area contributed by atoms with Crippen molar-refractivity contribution in [3.63, 3.8) is 0 Å². The van der Waals surface area contributed by atoms with Crippen LogP contribution in [0.4, 0.5) is 0 Å². The van der Waals surface area contributed by atoms with Crippen molar-refractivity contribution in [2.75, 3.05) is 5.75 Å². The van der Waals surface area contributed by atoms with Crippen molar-refractivity contribution < 1.29 is 9.53 Å². The second-order valence-electron chi connectivity index (χ2n) is 4.13. The number of esters is 1. The molecule has 2 rings (SSSR count). The van der Waals surface area contributed by atoms with Crippen LogP contribution >= 0.6 is 11.8 Å². The summed E-state index contributed by atoms with van der Waals surface area (Å²) in [4.78, 5) is 20.1. The van der Waals surface area contributed by atoms with Gasteiger partial charge in [0.2, 0.25) is 0 Å². The van der Waals surface area contributed by atoms with Crippen molar-refractivity contribution in [1.82, 2.24) is 14.5 Å². The number of nitrogens with zero attached hydrogens (tertiary/aromatic N) is 3. The summed E-state index contributed by atoms with van der Waals surface area (Å²) in [6, 6.07) is 3.75. The van der Waals surface area contributed by atoms with Gasteiger partial charge in [0.15, 0.2) is 10.8 Å². The summed E-state index contributed by atoms with van der Waals surface area (Å²) < 4.78 is 6.95. The smallest absolute Gasteiger partial charge is 0.316 e. The molecule has 0 saturated heterocycles. The van der Waals surface area contributed by atoms with Crippen LogP contribution in [0.3, 0.4) is 0 Å². The van der Waals surface area contributed by atoms with E-state index in [-0.39, 0.29) is 17.8 Å². The molecule has 2 aromatic heterocycles. The number of aromatic nitrogens is 3. The van der Waals surface area contributed by atoms with Crippen LogP contribution in [0.5, 0.6) is 0 Å². The van der Waals surface area contributed by atoms with E-state index in [9.17, 15) is 4.79 Å². The lowest BCUT2D eigenvalue weighted by Gasteiger charge is -2.07. The van der Waals surface area contributed by atoms with Crippen LogP contribution in [0.25, 0.3) is 11.2 Å². The SMILES string of the molecule is CC(C)OC(=O)CSc1nc2cccnc2n1C. The molecule has 18 heavy (non-hydrogen) atoms. The lowest BCUT2D eigenvalue weighted by molar-refractivity contribution is -0.144. The quantitative estimate of drug-likeness (QED) is 0.625. The van der Waals surface area contributed by atoms with E-state index in [1.807, 2.05) is 37.6 Å². The number of pyridine rings is 1. The third-order valence-corrected chi connectivity index (χ3v) is 3.28. The minimum absolute atomic E-state index is 0.0831. The Balaban J connectivity index is 2.08. The summed E-state index contributed by atoms with van der Waals surface area (Å²) >= 11 is 1.36. The Morgan fingerprint density at radius 3 is 3.00 bits per heavy atom. The maximum atomic E-state index is 11.5. The Kier molecular flexibility index (Phi) is 3.86. The fraction of sp³-hybridized carbons (Fsp3) is 0.417. The van der Waals surface area contributed by atoms with Gasteiger partial charge in [0, 0.05) is 13.2 Å². The summed E-state index contributed by atoms with van der Waals surface area (Å²) in [5.41, 5.74) is 1.65. The van der Waals surface area contributed by atoms with Crippen LogP contribution in [0.1, 0.15) is 13.8 Å². The standard InChI is InChI=1S/C12H15N3O2S/c1-8(2)17-10(16)7-18-12-14-9-5-4-6-13-11(9)15(12)3/h4-6,8H,7H2,1-3H3. The van der Waals surface area contributed by atoms with Crippen molar-refractivity contribution in [2.24, 2.45) is 7.05 Å². The summed E-state index contributed by atoms with van der Waals surface area (Å²) in [7, 11) is 1.89. The average molecular weight is 265 g/mol. The van der Waals surface area contributed by atoms with E-state index in [1.54, 1.807) is 6.20 Å². The fourth-order valence-electron chi connectivity index (χ4n) is 1.55. The van der Waals surface area contributed by atoms with Crippen LogP contribution in [0.2, 0.25) is 0 Å². The van der Waals surface area contributed by atoms with Gasteiger partial charge in [-0.25, -0.2) is 9.97 Å². The molecule has 0 aliphatic rings. The Bertz CT molecular complexity index is 565. The monoisotopic (exact) mass is 265 g/mol. The normalized spacial score (nSPS) is 11.1. The predicted octanol–water partition coefficient (Wildman–Crippen LogP) is 2.01. The Hall–Kier alpha value is -1.56. The predicted molar refractivity (Wildman–Crippen MR) is 70.5 cm³/mol. The molecule has 5 nitrogen and oxygen atoms in total. The van der Waals surface area contributed by atoms with E-state index >= 15 is 0 Å². The molecule has 0 aromatic carbocycles. The molecule has 2 heterocycles. The fourth-order valence-corrected chi connectivity index (χ4v) is 2.31. The van der Waals surface area contributed by atoms with Gasteiger partial charge < -0.3 is 9.30 Å². The second kappa shape index (κ2) is 5.39. The van der Waals surface area contributed by atoms with Gasteiger partial charge in [-0.2, -0.15) is 0 Å². The summed E-state index contributed by atoms with van der Waals surface area (Å²) in [6.07, 6.45) is 1.64. The van der Waals surface area contributed by atoms with Crippen molar-refractivity contribution in [3.8, 4) is 0 Å². The maximum Gasteiger partial charge on any atom is 0.316 e. The lowest BCUT2D eigenvalue weighted by atomic mass is 10.4. The van der Waals surface area contributed by atoms with Crippen molar-refractivity contribution in [1.29, 1.82) is 0 Å². The summed E-state index contributed by atoms with van der Waals surface area (Å²) in [6.45, 7) is 3.67. The summed E-state index contributed by atoms with van der Waals surface area (Å²) in [5.74, 6) is 0.0324. The molecule has 0 aliphatic carbocycles. The molecule has 0 N–H and O–H groups in total. The van der Waals surface area contributed by atoms with Crippen LogP contribution < -0.4 is 0 Å². The topological polar surface area (TPSA) is 57.0 Å². The van der Waals surface area contributed by atoms with E-state index in [0.717, 1.165) is 16.3 Å². The second-order valence-corrected chi connectivity index (χ2v) is 5.07. The first-order valence-corrected chi connectivity index (χ1v) is 6.66. The molecule has 0 radical (unpaired) electrons. The Morgan fingerprint density at radius 2 is 2.33 bits per heavy atom. The minimum atomic E-state index is -0.227. The molecule has 0 amide bonds. The molecule has 2 aromatic rings. The molecule has 6 heteroatoms. The van der Waals surface area contributed by atoms with Crippen molar-refractivity contribution >= 4 is 28.9 Å². The lowest BCUT2D eigenvalue weighted by Crippen LogP contribution is -2.13. The molecule has 0 unspecified atom stereocenters. The molecule has 0 fully saturated rings. The molecule has 0 spiro atoms. The zero-order valence-corrected chi connectivity index (χ0v) is 11.4. The molecular weight excluding hydrogens is 250 g/mol. The first kappa shape index (κ1) is 12.9. The summed E-state index contributed by atoms with van der Waals surface area (Å²) in [5, 5.41) is 0.768. The van der Waals surface area contributed by atoms with E-state index < -0.39 is 0 Å². The number of carbonyl (C=O) groups excluding carboxylic acids is 1. The van der Waals surface area contributed by atoms with Gasteiger partial charge in [-0.15, -0.1) is 0 Å². The molecule has 0 bridgehead atoms. The number of carbonyl (C=O) groups is 1. The zero-order valence-electron chi connectivity index (χ0n) is 10.6. The van der Waals surface area contributed by atoms with Crippen LogP contribution in [-0.4, -0.2) is 32.4 Å². The molecule has 0 atom stereocenters. The number of imidazole rings is 1. The zero-order chi connectivity index (χ0) is 13.1. The average Bonchev–Trinajstić information content (AvgIpc) is 2.64. The largest absolute Gasteiger partial charge is 0.462 e. The first-order valence-electron chi connectivity index (χ1n) is 5.67. The van der Waals surface area contributed by atoms with Crippen LogP contribution in [0, 0.1) is 0 Å². The molecule has 96 valence electrons. The Morgan fingerprint density at radius 1 is 1.56 bits per heavy atom. The highest BCUT2D eigenvalue weighted by molar-refractivity contribution is 7.99. The van der Waals surface area contributed by atoms with Gasteiger partial charge in [-0.05, 0) is 26.0 Å². The Labute approximate surface area is 110 Å². The van der Waals surface area contributed by atoms with E-state index in [0.29, 0.717) is 0 Å². The van der Waals surface area contributed by atoms with Gasteiger partial charge in [-0.1, -0.05) is 11.8 Å². The third kappa shape index (κ3) is 2.81. The number of hydrogen-bond acceptors (Lipinski definition) is 5. The number of rotatable bonds is 4. The van der Waals surface area contributed by atoms with Gasteiger partial charge in [-0.3, -0.25) is 4.79 Å². The van der Waals surface area contributed by atoms with Crippen molar-refractivity contribution in [2.45, 2.75) is 25.1 Å². The number of aryl methyl sites for hydroxylation is 1. The number of hydrogen-bond donors (Lipinski definition) is 0. The highest BCUT2D eigenvalue weighted by Crippen LogP contribution is 2.21. The van der Waals surface area contributed by atoms with Gasteiger partial charge in [0.1, 0.15) is 5.52 Å². The van der Waals surface area contributed by atoms with Crippen molar-refractivity contribution in [3.05, 3.63) is 18.3 Å². The number of fused-ring (bicyclic) bond motifs is 1. The van der Waals surface area contributed by atoms with Crippen LogP contribution in [-0.2, 0) is 16.6 Å². The molecule has 0 aliphatic heterocycles. The van der Waals surface area contributed by atoms with E-state index in [1.165, 1.54) is 11.8 Å². The highest BCUT2D eigenvalue weighted by atomic mass is 32.2. The minimum Gasteiger partial charge on any atom is -0.462 e. The third-order valence-electron chi connectivity index (χ3n) is 2.27. The first-order chi connectivity index (χ1) is 8.58. The van der Waals surface area contributed by atoms with Gasteiger partial charge in [0.25, 0.3) is 0 Å². The van der Waals surface area contributed by atoms with Gasteiger partial charge >= 0.3 is 5.97 Å². The van der Waals surface area contributed by atoms with Crippen LogP contribution in [0.15, 0.2) is 23.5 Å². The highest BCUT2D eigenvalue weighted by Gasteiger charge is 2.12. The van der Waals surface area contributed by atoms with E-state index in [2.05, 4.69) is 9.97 Å².